The van der Waals surface area contributed by atoms with Gasteiger partial charge in [-0.25, -0.2) is 4.39 Å². The van der Waals surface area contributed by atoms with Gasteiger partial charge in [-0.3, -0.25) is 0 Å². The zero-order valence-electron chi connectivity index (χ0n) is 7.08. The second-order valence-electron chi connectivity index (χ2n) is 2.85. The summed E-state index contributed by atoms with van der Waals surface area (Å²) < 4.78 is 15.0. The number of aryl methyl sites for hydroxylation is 1. The van der Waals surface area contributed by atoms with Crippen LogP contribution in [0, 0.1) is 17.1 Å². The van der Waals surface area contributed by atoms with Crippen LogP contribution >= 0.6 is 0 Å². The summed E-state index contributed by atoms with van der Waals surface area (Å²) in [6, 6.07) is 8.88. The number of benzene rings is 1. The van der Waals surface area contributed by atoms with E-state index in [1.54, 1.807) is 29.8 Å². The maximum atomic E-state index is 13.4. The Morgan fingerprint density at radius 1 is 1.38 bits per heavy atom. The summed E-state index contributed by atoms with van der Waals surface area (Å²) in [7, 11) is 1.68. The van der Waals surface area contributed by atoms with Crippen molar-refractivity contribution in [1.82, 2.24) is 4.57 Å². The van der Waals surface area contributed by atoms with E-state index in [1.165, 1.54) is 0 Å². The lowest BCUT2D eigenvalue weighted by Gasteiger charge is -1.94. The third-order valence-corrected chi connectivity index (χ3v) is 2.15. The number of hydrogen-bond donors (Lipinski definition) is 0. The van der Waals surface area contributed by atoms with Gasteiger partial charge in [0.15, 0.2) is 11.5 Å². The molecule has 2 rings (SSSR count). The highest BCUT2D eigenvalue weighted by Crippen LogP contribution is 2.22. The highest BCUT2D eigenvalue weighted by Gasteiger charge is 2.12. The topological polar surface area (TPSA) is 28.7 Å². The molecule has 0 amide bonds. The monoisotopic (exact) mass is 174 g/mol. The number of aromatic nitrogens is 1. The van der Waals surface area contributed by atoms with Crippen LogP contribution < -0.4 is 0 Å². The standard InChI is InChI=1S/C10H7FN2/c1-13-8-5-3-2-4-7(8)10(11)9(13)6-12/h2-5H,1H3. The third-order valence-electron chi connectivity index (χ3n) is 2.15. The summed E-state index contributed by atoms with van der Waals surface area (Å²) >= 11 is 0. The van der Waals surface area contributed by atoms with Gasteiger partial charge in [-0.05, 0) is 12.1 Å². The van der Waals surface area contributed by atoms with E-state index >= 15 is 0 Å². The third kappa shape index (κ3) is 0.922. The molecule has 0 aliphatic rings. The average Bonchev–Trinajstić information content (AvgIpc) is 2.41. The van der Waals surface area contributed by atoms with Crippen LogP contribution in [0.2, 0.25) is 0 Å². The molecule has 1 aromatic heterocycles. The summed E-state index contributed by atoms with van der Waals surface area (Å²) in [6.07, 6.45) is 0. The molecule has 0 fully saturated rings. The minimum absolute atomic E-state index is 0.0844. The molecule has 0 atom stereocenters. The van der Waals surface area contributed by atoms with E-state index in [0.29, 0.717) is 5.39 Å². The summed E-state index contributed by atoms with van der Waals surface area (Å²) in [5.41, 5.74) is 0.831. The van der Waals surface area contributed by atoms with E-state index in [-0.39, 0.29) is 5.69 Å². The van der Waals surface area contributed by atoms with Crippen LogP contribution in [0.5, 0.6) is 0 Å². The van der Waals surface area contributed by atoms with E-state index in [1.807, 2.05) is 12.1 Å². The Hall–Kier alpha value is -1.82. The molecule has 0 unspecified atom stereocenters. The van der Waals surface area contributed by atoms with Gasteiger partial charge in [0.2, 0.25) is 0 Å². The highest BCUT2D eigenvalue weighted by molar-refractivity contribution is 5.82. The van der Waals surface area contributed by atoms with Crippen molar-refractivity contribution in [2.24, 2.45) is 7.05 Å². The normalized spacial score (nSPS) is 10.2. The number of rotatable bonds is 0. The van der Waals surface area contributed by atoms with Gasteiger partial charge in [0.05, 0.1) is 5.52 Å². The molecule has 0 aliphatic heterocycles. The van der Waals surface area contributed by atoms with Crippen LogP contribution in [0.15, 0.2) is 24.3 Å². The first-order valence-electron chi connectivity index (χ1n) is 3.88. The van der Waals surface area contributed by atoms with Crippen molar-refractivity contribution in [3.05, 3.63) is 35.8 Å². The van der Waals surface area contributed by atoms with Crippen LogP contribution in [0.4, 0.5) is 4.39 Å². The molecule has 0 saturated carbocycles. The van der Waals surface area contributed by atoms with E-state index < -0.39 is 5.82 Å². The second kappa shape index (κ2) is 2.60. The number of para-hydroxylation sites is 1. The zero-order valence-corrected chi connectivity index (χ0v) is 7.08. The van der Waals surface area contributed by atoms with Crippen molar-refractivity contribution in [3.63, 3.8) is 0 Å². The number of halogens is 1. The molecule has 0 aliphatic carbocycles. The van der Waals surface area contributed by atoms with Crippen molar-refractivity contribution in [2.75, 3.05) is 0 Å². The van der Waals surface area contributed by atoms with E-state index in [9.17, 15) is 4.39 Å². The van der Waals surface area contributed by atoms with Crippen LogP contribution in [0.25, 0.3) is 10.9 Å². The van der Waals surface area contributed by atoms with Gasteiger partial charge < -0.3 is 4.57 Å². The largest absolute Gasteiger partial charge is 0.333 e. The second-order valence-corrected chi connectivity index (χ2v) is 2.85. The maximum absolute atomic E-state index is 13.4. The highest BCUT2D eigenvalue weighted by atomic mass is 19.1. The first kappa shape index (κ1) is 7.81. The summed E-state index contributed by atoms with van der Waals surface area (Å²) in [5, 5.41) is 9.19. The molecule has 0 N–H and O–H groups in total. The fourth-order valence-corrected chi connectivity index (χ4v) is 1.47. The molecule has 0 bridgehead atoms. The molecule has 1 heterocycles. The summed E-state index contributed by atoms with van der Waals surface area (Å²) in [6.45, 7) is 0. The first-order chi connectivity index (χ1) is 6.25. The SMILES string of the molecule is Cn1c(C#N)c(F)c2ccccc21. The number of nitriles is 1. The fourth-order valence-electron chi connectivity index (χ4n) is 1.47. The molecule has 2 nitrogen and oxygen atoms in total. The van der Waals surface area contributed by atoms with E-state index in [2.05, 4.69) is 0 Å². The predicted octanol–water partition coefficient (Wildman–Crippen LogP) is 2.19. The first-order valence-corrected chi connectivity index (χ1v) is 3.88. The number of fused-ring (bicyclic) bond motifs is 1. The smallest absolute Gasteiger partial charge is 0.167 e. The summed E-state index contributed by atoms with van der Waals surface area (Å²) in [5.74, 6) is -0.430. The van der Waals surface area contributed by atoms with Gasteiger partial charge in [-0.1, -0.05) is 12.1 Å². The predicted molar refractivity (Wildman–Crippen MR) is 47.6 cm³/mol. The summed E-state index contributed by atoms with van der Waals surface area (Å²) in [4.78, 5) is 0. The Balaban J connectivity index is 2.99. The molecule has 0 spiro atoms. The minimum atomic E-state index is -0.430. The molecular formula is C10H7FN2. The lowest BCUT2D eigenvalue weighted by Crippen LogP contribution is -1.91. The van der Waals surface area contributed by atoms with Crippen molar-refractivity contribution in [1.29, 1.82) is 5.26 Å². The van der Waals surface area contributed by atoms with Crippen molar-refractivity contribution in [3.8, 4) is 6.07 Å². The van der Waals surface area contributed by atoms with E-state index in [4.69, 9.17) is 5.26 Å². The molecule has 0 saturated heterocycles. The Labute approximate surface area is 74.8 Å². The lowest BCUT2D eigenvalue weighted by molar-refractivity contribution is 0.628. The lowest BCUT2D eigenvalue weighted by atomic mass is 10.2. The molecule has 2 aromatic rings. The number of hydrogen-bond acceptors (Lipinski definition) is 1. The van der Waals surface area contributed by atoms with Crippen molar-refractivity contribution >= 4 is 10.9 Å². The van der Waals surface area contributed by atoms with Gasteiger partial charge in [0, 0.05) is 12.4 Å². The van der Waals surface area contributed by atoms with E-state index in [0.717, 1.165) is 5.52 Å². The Kier molecular flexibility index (Phi) is 1.56. The minimum Gasteiger partial charge on any atom is -0.333 e. The van der Waals surface area contributed by atoms with Gasteiger partial charge in [-0.2, -0.15) is 5.26 Å². The van der Waals surface area contributed by atoms with Crippen LogP contribution in [0.1, 0.15) is 5.69 Å². The number of nitrogens with zero attached hydrogens (tertiary/aromatic N) is 2. The van der Waals surface area contributed by atoms with Gasteiger partial charge >= 0.3 is 0 Å². The van der Waals surface area contributed by atoms with Crippen molar-refractivity contribution in [2.45, 2.75) is 0 Å². The molecule has 13 heavy (non-hydrogen) atoms. The molecular weight excluding hydrogens is 167 g/mol. The van der Waals surface area contributed by atoms with Crippen LogP contribution in [-0.2, 0) is 7.05 Å². The molecule has 1 aromatic carbocycles. The fraction of sp³-hybridized carbons (Fsp3) is 0.100. The van der Waals surface area contributed by atoms with Gasteiger partial charge in [-0.15, -0.1) is 0 Å². The van der Waals surface area contributed by atoms with Crippen molar-refractivity contribution < 1.29 is 4.39 Å². The maximum Gasteiger partial charge on any atom is 0.167 e. The Morgan fingerprint density at radius 2 is 2.08 bits per heavy atom. The quantitative estimate of drug-likeness (QED) is 0.601. The Morgan fingerprint density at radius 3 is 2.69 bits per heavy atom. The molecule has 0 radical (unpaired) electrons. The van der Waals surface area contributed by atoms with Crippen LogP contribution in [0.3, 0.4) is 0 Å². The Bertz CT molecular complexity index is 466. The van der Waals surface area contributed by atoms with Crippen LogP contribution in [-0.4, -0.2) is 4.57 Å². The van der Waals surface area contributed by atoms with Gasteiger partial charge in [0.1, 0.15) is 6.07 Å². The zero-order chi connectivity index (χ0) is 9.42. The van der Waals surface area contributed by atoms with Gasteiger partial charge in [0.25, 0.3) is 0 Å². The molecule has 3 heteroatoms. The molecule has 64 valence electrons. The average molecular weight is 174 g/mol.